The van der Waals surface area contributed by atoms with E-state index in [1.54, 1.807) is 6.07 Å². The van der Waals surface area contributed by atoms with Crippen LogP contribution < -0.4 is 15.1 Å². The van der Waals surface area contributed by atoms with E-state index < -0.39 is 7.60 Å². The molecule has 0 saturated heterocycles. The fourth-order valence-electron chi connectivity index (χ4n) is 2.86. The van der Waals surface area contributed by atoms with Crippen LogP contribution in [0.2, 0.25) is 0 Å². The van der Waals surface area contributed by atoms with E-state index in [4.69, 9.17) is 0 Å². The number of benzene rings is 3. The van der Waals surface area contributed by atoms with Crippen LogP contribution in [0.15, 0.2) is 78.9 Å². The van der Waals surface area contributed by atoms with Crippen LogP contribution in [-0.4, -0.2) is 0 Å². The predicted octanol–water partition coefficient (Wildman–Crippen LogP) is 2.41. The van der Waals surface area contributed by atoms with Gasteiger partial charge in [0.25, 0.3) is 0 Å². The fraction of sp³-hybridized carbons (Fsp3) is 0.100. The molecule has 0 aromatic heterocycles. The van der Waals surface area contributed by atoms with Crippen LogP contribution in [0.25, 0.3) is 0 Å². The quantitative estimate of drug-likeness (QED) is 0.672. The summed E-state index contributed by atoms with van der Waals surface area (Å²) < 4.78 is 11.7. The maximum atomic E-state index is 11.7. The van der Waals surface area contributed by atoms with Gasteiger partial charge in [0, 0.05) is 0 Å². The van der Waals surface area contributed by atoms with Gasteiger partial charge in [-0.05, 0) is 48.0 Å². The second-order valence-electron chi connectivity index (χ2n) is 5.74. The molecule has 3 rings (SSSR count). The zero-order valence-corrected chi connectivity index (χ0v) is 14.0. The Morgan fingerprint density at radius 2 is 1.21 bits per heavy atom. The van der Waals surface area contributed by atoms with Gasteiger partial charge in [0.05, 0.1) is 0 Å². The molecule has 122 valence electrons. The molecule has 0 atom stereocenters. The molecule has 0 amide bonds. The van der Waals surface area contributed by atoms with Crippen molar-refractivity contribution in [3.8, 4) is 0 Å². The average molecular weight is 336 g/mol. The molecule has 4 heteroatoms. The maximum Gasteiger partial charge on any atom is -0.00163 e. The molecule has 0 spiro atoms. The van der Waals surface area contributed by atoms with E-state index in [1.807, 2.05) is 66.7 Å². The summed E-state index contributed by atoms with van der Waals surface area (Å²) >= 11 is 0. The Morgan fingerprint density at radius 1 is 0.667 bits per heavy atom. The zero-order valence-electron chi connectivity index (χ0n) is 13.1. The van der Waals surface area contributed by atoms with Gasteiger partial charge in [-0.15, -0.1) is 0 Å². The van der Waals surface area contributed by atoms with E-state index in [-0.39, 0.29) is 5.30 Å². The lowest BCUT2D eigenvalue weighted by molar-refractivity contribution is -0.308. The second kappa shape index (κ2) is 7.14. The van der Waals surface area contributed by atoms with E-state index in [2.05, 4.69) is 0 Å². The van der Waals surface area contributed by atoms with Crippen molar-refractivity contribution in [1.29, 1.82) is 0 Å². The molecule has 0 heterocycles. The summed E-state index contributed by atoms with van der Waals surface area (Å²) in [7, 11) is -4.82. The standard InChI is InChI=1S/C20H19O3P/c21-24(22,23)20-13-7-12-18(14-16-8-3-1-4-9-16)19(20)15-17-10-5-2-6-11-17/h1-13H,14-15H2,(H2,21,22,23)/p-2. The highest BCUT2D eigenvalue weighted by atomic mass is 31.2. The Kier molecular flexibility index (Phi) is 4.96. The first-order valence-corrected chi connectivity index (χ1v) is 9.29. The highest BCUT2D eigenvalue weighted by molar-refractivity contribution is 7.57. The van der Waals surface area contributed by atoms with Crippen molar-refractivity contribution in [2.75, 3.05) is 0 Å². The number of rotatable bonds is 5. The lowest BCUT2D eigenvalue weighted by atomic mass is 9.95. The topological polar surface area (TPSA) is 63.2 Å². The Hall–Kier alpha value is -2.19. The Labute approximate surface area is 141 Å². The molecular weight excluding hydrogens is 319 g/mol. The molecule has 0 aliphatic carbocycles. The van der Waals surface area contributed by atoms with Gasteiger partial charge in [0.2, 0.25) is 0 Å². The highest BCUT2D eigenvalue weighted by Gasteiger charge is 2.12. The molecule has 3 aromatic rings. The molecule has 0 fully saturated rings. The van der Waals surface area contributed by atoms with Gasteiger partial charge < -0.3 is 14.4 Å². The minimum Gasteiger partial charge on any atom is -0.807 e. The first-order valence-electron chi connectivity index (χ1n) is 7.75. The van der Waals surface area contributed by atoms with Crippen LogP contribution >= 0.6 is 7.60 Å². The molecule has 3 nitrogen and oxygen atoms in total. The van der Waals surface area contributed by atoms with Crippen molar-refractivity contribution in [3.05, 3.63) is 101 Å². The van der Waals surface area contributed by atoms with Crippen molar-refractivity contribution in [2.45, 2.75) is 12.8 Å². The normalized spacial score (nSPS) is 11.4. The summed E-state index contributed by atoms with van der Waals surface area (Å²) in [5.74, 6) is 0. The third-order valence-corrected chi connectivity index (χ3v) is 5.01. The van der Waals surface area contributed by atoms with Crippen molar-refractivity contribution >= 4 is 12.9 Å². The van der Waals surface area contributed by atoms with Crippen LogP contribution in [0.1, 0.15) is 22.3 Å². The highest BCUT2D eigenvalue weighted by Crippen LogP contribution is 2.28. The largest absolute Gasteiger partial charge is 0.807 e. The first-order chi connectivity index (χ1) is 11.5. The third kappa shape index (κ3) is 4.01. The Balaban J connectivity index is 2.06. The molecule has 0 bridgehead atoms. The molecule has 0 saturated carbocycles. The average Bonchev–Trinajstić information content (AvgIpc) is 2.57. The summed E-state index contributed by atoms with van der Waals surface area (Å²) in [6.07, 6.45) is 1.02. The molecule has 0 aliphatic rings. The second-order valence-corrected chi connectivity index (χ2v) is 7.21. The van der Waals surface area contributed by atoms with Crippen LogP contribution in [0.5, 0.6) is 0 Å². The summed E-state index contributed by atoms with van der Waals surface area (Å²) in [5, 5.41) is -0.0974. The zero-order chi connectivity index (χ0) is 17.0. The van der Waals surface area contributed by atoms with Crippen molar-refractivity contribution in [3.63, 3.8) is 0 Å². The van der Waals surface area contributed by atoms with Crippen molar-refractivity contribution in [1.82, 2.24) is 0 Å². The molecule has 0 N–H and O–H groups in total. The molecule has 0 aliphatic heterocycles. The van der Waals surface area contributed by atoms with E-state index >= 15 is 0 Å². The van der Waals surface area contributed by atoms with Gasteiger partial charge in [0.15, 0.2) is 0 Å². The first kappa shape index (κ1) is 16.7. The molecular formula is C20H17O3P-2. The third-order valence-electron chi connectivity index (χ3n) is 4.00. The van der Waals surface area contributed by atoms with Gasteiger partial charge in [-0.2, -0.15) is 0 Å². The minimum atomic E-state index is -4.82. The van der Waals surface area contributed by atoms with E-state index in [0.29, 0.717) is 18.4 Å². The van der Waals surface area contributed by atoms with Crippen LogP contribution in [0.4, 0.5) is 0 Å². The van der Waals surface area contributed by atoms with Gasteiger partial charge in [-0.1, -0.05) is 78.9 Å². The van der Waals surface area contributed by atoms with Gasteiger partial charge in [-0.25, -0.2) is 0 Å². The van der Waals surface area contributed by atoms with Crippen molar-refractivity contribution < 1.29 is 14.4 Å². The van der Waals surface area contributed by atoms with Gasteiger partial charge >= 0.3 is 0 Å². The fourth-order valence-corrected chi connectivity index (χ4v) is 3.69. The Morgan fingerprint density at radius 3 is 1.75 bits per heavy atom. The van der Waals surface area contributed by atoms with E-state index in [1.165, 1.54) is 6.07 Å². The molecule has 0 radical (unpaired) electrons. The number of hydrogen-bond acceptors (Lipinski definition) is 3. The van der Waals surface area contributed by atoms with Crippen LogP contribution in [0.3, 0.4) is 0 Å². The molecule has 3 aromatic carbocycles. The van der Waals surface area contributed by atoms with Crippen LogP contribution in [0, 0.1) is 0 Å². The SMILES string of the molecule is O=P([O-])([O-])c1cccc(Cc2ccccc2)c1Cc1ccccc1. The minimum absolute atomic E-state index is 0.0974. The lowest BCUT2D eigenvalue weighted by Crippen LogP contribution is -2.28. The predicted molar refractivity (Wildman–Crippen MR) is 92.2 cm³/mol. The summed E-state index contributed by atoms with van der Waals surface area (Å²) in [5.41, 5.74) is 3.53. The van der Waals surface area contributed by atoms with Crippen molar-refractivity contribution in [2.24, 2.45) is 0 Å². The smallest absolute Gasteiger partial charge is 0.00163 e. The molecule has 0 unspecified atom stereocenters. The molecule has 24 heavy (non-hydrogen) atoms. The van der Waals surface area contributed by atoms with Gasteiger partial charge in [0.1, 0.15) is 0 Å². The van der Waals surface area contributed by atoms with E-state index in [9.17, 15) is 14.4 Å². The van der Waals surface area contributed by atoms with E-state index in [0.717, 1.165) is 16.7 Å². The summed E-state index contributed by atoms with van der Waals surface area (Å²) in [6.45, 7) is 0. The maximum absolute atomic E-state index is 11.7. The number of hydrogen-bond donors (Lipinski definition) is 0. The monoisotopic (exact) mass is 336 g/mol. The Bertz CT molecular complexity index is 855. The van der Waals surface area contributed by atoms with Gasteiger partial charge in [-0.3, -0.25) is 0 Å². The van der Waals surface area contributed by atoms with Crippen LogP contribution in [-0.2, 0) is 17.4 Å². The summed E-state index contributed by atoms with van der Waals surface area (Å²) in [4.78, 5) is 23.4. The summed E-state index contributed by atoms with van der Waals surface area (Å²) in [6, 6.07) is 24.4. The lowest BCUT2D eigenvalue weighted by Gasteiger charge is -2.33.